The molecule has 6 nitrogen and oxygen atoms in total. The summed E-state index contributed by atoms with van der Waals surface area (Å²) in [5.41, 5.74) is 6.26. The number of esters is 1. The van der Waals surface area contributed by atoms with Crippen LogP contribution in [0.2, 0.25) is 0 Å². The van der Waals surface area contributed by atoms with E-state index in [0.717, 1.165) is 28.6 Å². The van der Waals surface area contributed by atoms with Gasteiger partial charge in [0.2, 0.25) is 0 Å². The zero-order valence-corrected chi connectivity index (χ0v) is 16.7. The number of pyridine rings is 2. The monoisotopic (exact) mass is 390 g/mol. The van der Waals surface area contributed by atoms with Gasteiger partial charge >= 0.3 is 5.97 Å². The first kappa shape index (κ1) is 18.1. The van der Waals surface area contributed by atoms with Gasteiger partial charge in [-0.1, -0.05) is 26.8 Å². The van der Waals surface area contributed by atoms with Crippen molar-refractivity contribution in [1.29, 1.82) is 0 Å². The highest BCUT2D eigenvalue weighted by atomic mass is 16.5. The first-order chi connectivity index (χ1) is 13.9. The quantitative estimate of drug-likeness (QED) is 0.532. The highest BCUT2D eigenvalue weighted by molar-refractivity contribution is 5.89. The number of aliphatic hydroxyl groups excluding tert-OH is 1. The molecule has 1 atom stereocenters. The summed E-state index contributed by atoms with van der Waals surface area (Å²) in [5.74, 6) is -0.301. The average molecular weight is 390 g/mol. The zero-order valence-electron chi connectivity index (χ0n) is 16.7. The number of benzene rings is 1. The Labute approximate surface area is 167 Å². The minimum absolute atomic E-state index is 0.103. The Balaban J connectivity index is 1.79. The van der Waals surface area contributed by atoms with Crippen LogP contribution in [0.15, 0.2) is 29.1 Å². The van der Waals surface area contributed by atoms with Crippen LogP contribution in [0.4, 0.5) is 0 Å². The number of carbonyl (C=O) groups excluding carboxylic acids is 1. The Morgan fingerprint density at radius 1 is 1.24 bits per heavy atom. The van der Waals surface area contributed by atoms with Crippen LogP contribution < -0.4 is 5.56 Å². The number of aryl methyl sites for hydroxylation is 1. The molecule has 1 N–H and O–H groups in total. The van der Waals surface area contributed by atoms with Crippen LogP contribution in [0.1, 0.15) is 60.6 Å². The van der Waals surface area contributed by atoms with Crippen molar-refractivity contribution in [2.75, 3.05) is 0 Å². The van der Waals surface area contributed by atoms with Crippen molar-refractivity contribution in [3.63, 3.8) is 0 Å². The van der Waals surface area contributed by atoms with E-state index in [-0.39, 0.29) is 12.2 Å². The third-order valence-corrected chi connectivity index (χ3v) is 6.12. The molecule has 5 rings (SSSR count). The van der Waals surface area contributed by atoms with E-state index >= 15 is 0 Å². The summed E-state index contributed by atoms with van der Waals surface area (Å²) < 4.78 is 6.64. The second kappa shape index (κ2) is 6.26. The van der Waals surface area contributed by atoms with Crippen LogP contribution in [0, 0.1) is 0 Å². The highest BCUT2D eigenvalue weighted by Gasteiger charge is 2.34. The summed E-state index contributed by atoms with van der Waals surface area (Å²) in [6.07, 6.45) is -0.601. The fourth-order valence-corrected chi connectivity index (χ4v) is 4.49. The molecule has 0 fully saturated rings. The lowest BCUT2D eigenvalue weighted by molar-refractivity contribution is -0.157. The predicted molar refractivity (Wildman–Crippen MR) is 109 cm³/mol. The Kier molecular flexibility index (Phi) is 3.90. The van der Waals surface area contributed by atoms with Crippen LogP contribution in [0.3, 0.4) is 0 Å². The molecule has 148 valence electrons. The molecule has 0 amide bonds. The van der Waals surface area contributed by atoms with Crippen molar-refractivity contribution in [2.45, 2.75) is 52.4 Å². The maximum Gasteiger partial charge on any atom is 0.340 e. The molecule has 0 spiro atoms. The number of rotatable bonds is 2. The zero-order chi connectivity index (χ0) is 20.4. The second-order valence-corrected chi connectivity index (χ2v) is 8.07. The third kappa shape index (κ3) is 2.48. The van der Waals surface area contributed by atoms with Gasteiger partial charge in [0.1, 0.15) is 6.61 Å². The lowest BCUT2D eigenvalue weighted by atomic mass is 9.94. The van der Waals surface area contributed by atoms with Gasteiger partial charge in [-0.25, -0.2) is 9.78 Å². The van der Waals surface area contributed by atoms with Gasteiger partial charge in [-0.3, -0.25) is 4.79 Å². The van der Waals surface area contributed by atoms with Crippen LogP contribution >= 0.6 is 0 Å². The minimum atomic E-state index is -1.43. The van der Waals surface area contributed by atoms with E-state index in [0.29, 0.717) is 29.3 Å². The molecular formula is C23H22N2O4. The summed E-state index contributed by atoms with van der Waals surface area (Å²) in [5, 5.41) is 11.4. The minimum Gasteiger partial charge on any atom is -0.458 e. The normalized spacial score (nSPS) is 17.3. The van der Waals surface area contributed by atoms with Gasteiger partial charge in [-0.2, -0.15) is 0 Å². The smallest absolute Gasteiger partial charge is 0.340 e. The number of carbonyl (C=O) groups is 1. The van der Waals surface area contributed by atoms with Crippen molar-refractivity contribution in [2.24, 2.45) is 0 Å². The molecule has 2 aliphatic heterocycles. The Morgan fingerprint density at radius 3 is 2.76 bits per heavy atom. The van der Waals surface area contributed by atoms with E-state index in [1.807, 2.05) is 6.07 Å². The third-order valence-electron chi connectivity index (χ3n) is 6.12. The van der Waals surface area contributed by atoms with Crippen molar-refractivity contribution in [3.05, 3.63) is 62.4 Å². The molecule has 2 aliphatic rings. The maximum atomic E-state index is 13.1. The first-order valence-electron chi connectivity index (χ1n) is 9.97. The fourth-order valence-electron chi connectivity index (χ4n) is 4.49. The summed E-state index contributed by atoms with van der Waals surface area (Å²) in [7, 11) is 0. The number of hydrogen-bond donors (Lipinski definition) is 1. The predicted octanol–water partition coefficient (Wildman–Crippen LogP) is 3.20. The molecule has 0 aliphatic carbocycles. The van der Waals surface area contributed by atoms with Crippen molar-refractivity contribution in [1.82, 2.24) is 9.55 Å². The largest absolute Gasteiger partial charge is 0.458 e. The fraction of sp³-hybridized carbons (Fsp3) is 0.348. The number of ether oxygens (including phenoxy) is 1. The van der Waals surface area contributed by atoms with Gasteiger partial charge in [0, 0.05) is 16.5 Å². The molecule has 0 radical (unpaired) electrons. The molecule has 6 heteroatoms. The van der Waals surface area contributed by atoms with Gasteiger partial charge in [0.05, 0.1) is 29.0 Å². The Bertz CT molecular complexity index is 1260. The van der Waals surface area contributed by atoms with Crippen molar-refractivity contribution >= 4 is 16.9 Å². The Morgan fingerprint density at radius 2 is 2.03 bits per heavy atom. The van der Waals surface area contributed by atoms with E-state index < -0.39 is 12.1 Å². The van der Waals surface area contributed by atoms with Gasteiger partial charge in [-0.15, -0.1) is 0 Å². The average Bonchev–Trinajstić information content (AvgIpc) is 3.07. The molecule has 2 aromatic heterocycles. The summed E-state index contributed by atoms with van der Waals surface area (Å²) >= 11 is 0. The number of nitrogens with zero attached hydrogens (tertiary/aromatic N) is 2. The standard InChI is InChI=1S/C23H22N2O4/c1-4-13-14-7-12(11(2)3)5-6-18(14)24-20-16(13)9-25-19(20)8-15-17(22(25)27)10-29-23(28)21(15)26/h5-8,11,21,26H,4,9-10H2,1-3H3. The lowest BCUT2D eigenvalue weighted by Crippen LogP contribution is -2.32. The SMILES string of the molecule is CCc1c2c(nc3ccc(C(C)C)cc13)-c1cc3c(c(=O)n1C2)COC(=O)C3O. The molecule has 4 heterocycles. The molecule has 0 bridgehead atoms. The van der Waals surface area contributed by atoms with Gasteiger partial charge in [-0.05, 0) is 41.7 Å². The van der Waals surface area contributed by atoms with E-state index in [2.05, 4.69) is 32.9 Å². The molecular weight excluding hydrogens is 368 g/mol. The van der Waals surface area contributed by atoms with Crippen LogP contribution in [-0.4, -0.2) is 20.6 Å². The summed E-state index contributed by atoms with van der Waals surface area (Å²) in [4.78, 5) is 29.8. The molecule has 1 unspecified atom stereocenters. The van der Waals surface area contributed by atoms with Crippen molar-refractivity contribution < 1.29 is 14.6 Å². The van der Waals surface area contributed by atoms with E-state index in [1.165, 1.54) is 11.1 Å². The van der Waals surface area contributed by atoms with E-state index in [1.54, 1.807) is 10.6 Å². The molecule has 3 aromatic rings. The lowest BCUT2D eigenvalue weighted by Gasteiger charge is -2.21. The van der Waals surface area contributed by atoms with Gasteiger partial charge in [0.25, 0.3) is 5.56 Å². The molecule has 1 aromatic carbocycles. The molecule has 0 saturated heterocycles. The number of hydrogen-bond acceptors (Lipinski definition) is 5. The van der Waals surface area contributed by atoms with Gasteiger partial charge in [0.15, 0.2) is 6.10 Å². The number of aliphatic hydroxyl groups is 1. The van der Waals surface area contributed by atoms with Crippen molar-refractivity contribution in [3.8, 4) is 11.4 Å². The second-order valence-electron chi connectivity index (χ2n) is 8.07. The van der Waals surface area contributed by atoms with Crippen LogP contribution in [0.5, 0.6) is 0 Å². The Hall–Kier alpha value is -2.99. The van der Waals surface area contributed by atoms with Crippen LogP contribution in [0.25, 0.3) is 22.3 Å². The molecule has 0 saturated carbocycles. The topological polar surface area (TPSA) is 81.4 Å². The summed E-state index contributed by atoms with van der Waals surface area (Å²) in [6.45, 7) is 6.79. The maximum absolute atomic E-state index is 13.1. The van der Waals surface area contributed by atoms with Gasteiger partial charge < -0.3 is 14.4 Å². The number of aromatic nitrogens is 2. The number of fused-ring (bicyclic) bond motifs is 5. The first-order valence-corrected chi connectivity index (χ1v) is 9.97. The number of cyclic esters (lactones) is 1. The summed E-state index contributed by atoms with van der Waals surface area (Å²) in [6, 6.07) is 8.07. The highest BCUT2D eigenvalue weighted by Crippen LogP contribution is 2.38. The molecule has 29 heavy (non-hydrogen) atoms. The van der Waals surface area contributed by atoms with E-state index in [4.69, 9.17) is 9.72 Å². The van der Waals surface area contributed by atoms with E-state index in [9.17, 15) is 14.7 Å². The van der Waals surface area contributed by atoms with Crippen LogP contribution in [-0.2, 0) is 29.1 Å².